The largest absolute Gasteiger partial charge is 0.381 e. The molecule has 72 valence electrons. The van der Waals surface area contributed by atoms with E-state index in [9.17, 15) is 4.39 Å². The van der Waals surface area contributed by atoms with Crippen molar-refractivity contribution in [3.8, 4) is 0 Å². The van der Waals surface area contributed by atoms with Crippen LogP contribution in [-0.4, -0.2) is 32.5 Å². The molecule has 1 spiro atoms. The van der Waals surface area contributed by atoms with E-state index in [1.165, 1.54) is 0 Å². The second-order valence-electron chi connectivity index (χ2n) is 3.57. The molecule has 1 atom stereocenters. The fourth-order valence-electron chi connectivity index (χ4n) is 2.04. The molecule has 0 saturated carbocycles. The van der Waals surface area contributed by atoms with E-state index in [1.807, 2.05) is 0 Å². The molecule has 2 fully saturated rings. The summed E-state index contributed by atoms with van der Waals surface area (Å²) in [4.78, 5) is 0. The van der Waals surface area contributed by atoms with Gasteiger partial charge >= 0.3 is 0 Å². The van der Waals surface area contributed by atoms with Gasteiger partial charge in [0.05, 0.1) is 0 Å². The van der Waals surface area contributed by atoms with Crippen LogP contribution in [0.1, 0.15) is 12.8 Å². The Morgan fingerprint density at radius 1 is 1.33 bits per heavy atom. The summed E-state index contributed by atoms with van der Waals surface area (Å²) in [5, 5.41) is 3.10. The van der Waals surface area contributed by atoms with E-state index in [2.05, 4.69) is 5.32 Å². The second-order valence-corrected chi connectivity index (χ2v) is 3.57. The number of rotatable bonds is 0. The van der Waals surface area contributed by atoms with Gasteiger partial charge in [-0.25, -0.2) is 4.39 Å². The molecule has 4 heteroatoms. The van der Waals surface area contributed by atoms with E-state index in [4.69, 9.17) is 4.74 Å². The van der Waals surface area contributed by atoms with E-state index in [1.54, 1.807) is 0 Å². The Kier molecular flexibility index (Phi) is 3.32. The fourth-order valence-corrected chi connectivity index (χ4v) is 2.04. The third-order valence-electron chi connectivity index (χ3n) is 2.95. The standard InChI is InChI=1S/C8H14FNO.ClH/c9-7-5-10-6-8(7)1-3-11-4-2-8;/h7,10H,1-6H2;1H. The number of hydrogen-bond acceptors (Lipinski definition) is 2. The zero-order valence-electron chi connectivity index (χ0n) is 7.01. The van der Waals surface area contributed by atoms with E-state index in [-0.39, 0.29) is 17.8 Å². The van der Waals surface area contributed by atoms with Crippen molar-refractivity contribution in [2.75, 3.05) is 26.3 Å². The predicted octanol–water partition coefficient (Wildman–Crippen LogP) is 1.15. The van der Waals surface area contributed by atoms with Crippen LogP contribution in [0.4, 0.5) is 4.39 Å². The van der Waals surface area contributed by atoms with Crippen molar-refractivity contribution < 1.29 is 9.13 Å². The highest BCUT2D eigenvalue weighted by atomic mass is 35.5. The minimum Gasteiger partial charge on any atom is -0.381 e. The third kappa shape index (κ3) is 1.58. The monoisotopic (exact) mass is 195 g/mol. The molecule has 2 saturated heterocycles. The first kappa shape index (κ1) is 10.2. The van der Waals surface area contributed by atoms with Crippen LogP contribution in [0.2, 0.25) is 0 Å². The quantitative estimate of drug-likeness (QED) is 0.626. The highest BCUT2D eigenvalue weighted by Gasteiger charge is 2.44. The average Bonchev–Trinajstić information content (AvgIpc) is 2.36. The van der Waals surface area contributed by atoms with Crippen LogP contribution in [0.5, 0.6) is 0 Å². The maximum atomic E-state index is 13.3. The number of hydrogen-bond donors (Lipinski definition) is 1. The molecule has 2 aliphatic rings. The van der Waals surface area contributed by atoms with Crippen molar-refractivity contribution in [3.63, 3.8) is 0 Å². The van der Waals surface area contributed by atoms with Gasteiger partial charge in [-0.05, 0) is 12.8 Å². The van der Waals surface area contributed by atoms with Crippen LogP contribution in [-0.2, 0) is 4.74 Å². The highest BCUT2D eigenvalue weighted by molar-refractivity contribution is 5.85. The van der Waals surface area contributed by atoms with Gasteiger partial charge in [-0.2, -0.15) is 0 Å². The second kappa shape index (κ2) is 3.90. The van der Waals surface area contributed by atoms with Crippen molar-refractivity contribution in [2.24, 2.45) is 5.41 Å². The minimum absolute atomic E-state index is 0. The topological polar surface area (TPSA) is 21.3 Å². The molecule has 2 heterocycles. The van der Waals surface area contributed by atoms with Gasteiger partial charge in [-0.3, -0.25) is 0 Å². The van der Waals surface area contributed by atoms with Crippen molar-refractivity contribution in [3.05, 3.63) is 0 Å². The Hall–Kier alpha value is 0.140. The first-order valence-corrected chi connectivity index (χ1v) is 4.26. The smallest absolute Gasteiger partial charge is 0.119 e. The zero-order valence-corrected chi connectivity index (χ0v) is 7.83. The average molecular weight is 196 g/mol. The lowest BCUT2D eigenvalue weighted by atomic mass is 9.78. The Morgan fingerprint density at radius 2 is 2.00 bits per heavy atom. The lowest BCUT2D eigenvalue weighted by Crippen LogP contribution is -2.37. The van der Waals surface area contributed by atoms with Crippen molar-refractivity contribution in [1.29, 1.82) is 0 Å². The van der Waals surface area contributed by atoms with E-state index in [0.717, 1.165) is 32.6 Å². The Bertz CT molecular complexity index is 150. The van der Waals surface area contributed by atoms with Crippen LogP contribution in [0, 0.1) is 5.41 Å². The highest BCUT2D eigenvalue weighted by Crippen LogP contribution is 2.38. The lowest BCUT2D eigenvalue weighted by Gasteiger charge is -2.34. The van der Waals surface area contributed by atoms with Gasteiger partial charge in [-0.1, -0.05) is 0 Å². The van der Waals surface area contributed by atoms with Crippen molar-refractivity contribution in [2.45, 2.75) is 19.0 Å². The number of ether oxygens (including phenoxy) is 1. The van der Waals surface area contributed by atoms with E-state index >= 15 is 0 Å². The lowest BCUT2D eigenvalue weighted by molar-refractivity contribution is -0.00665. The molecule has 1 N–H and O–H groups in total. The van der Waals surface area contributed by atoms with Crippen LogP contribution in [0.15, 0.2) is 0 Å². The summed E-state index contributed by atoms with van der Waals surface area (Å²) < 4.78 is 18.6. The number of halogens is 2. The minimum atomic E-state index is -0.647. The Balaban J connectivity index is 0.000000720. The summed E-state index contributed by atoms with van der Waals surface area (Å²) in [5.74, 6) is 0. The van der Waals surface area contributed by atoms with Crippen molar-refractivity contribution >= 4 is 12.4 Å². The molecular weight excluding hydrogens is 181 g/mol. The van der Waals surface area contributed by atoms with Gasteiger partial charge in [0, 0.05) is 31.7 Å². The van der Waals surface area contributed by atoms with Gasteiger partial charge in [0.15, 0.2) is 0 Å². The molecule has 0 aromatic carbocycles. The first-order valence-electron chi connectivity index (χ1n) is 4.26. The molecule has 12 heavy (non-hydrogen) atoms. The first-order chi connectivity index (χ1) is 5.33. The zero-order chi connectivity index (χ0) is 7.73. The summed E-state index contributed by atoms with van der Waals surface area (Å²) >= 11 is 0. The maximum Gasteiger partial charge on any atom is 0.119 e. The normalized spacial score (nSPS) is 33.2. The predicted molar refractivity (Wildman–Crippen MR) is 47.5 cm³/mol. The summed E-state index contributed by atoms with van der Waals surface area (Å²) in [7, 11) is 0. The molecule has 2 aliphatic heterocycles. The SMILES string of the molecule is Cl.FC1CNCC12CCOCC2. The molecule has 0 amide bonds. The van der Waals surface area contributed by atoms with E-state index in [0.29, 0.717) is 6.54 Å². The van der Waals surface area contributed by atoms with Gasteiger partial charge < -0.3 is 10.1 Å². The molecule has 0 aromatic heterocycles. The maximum absolute atomic E-state index is 13.3. The molecule has 0 aromatic rings. The summed E-state index contributed by atoms with van der Waals surface area (Å²) in [6, 6.07) is 0. The molecular formula is C8H15ClFNO. The summed E-state index contributed by atoms with van der Waals surface area (Å²) in [5.41, 5.74) is -0.0712. The number of alkyl halides is 1. The molecule has 1 unspecified atom stereocenters. The fraction of sp³-hybridized carbons (Fsp3) is 1.00. The molecule has 0 radical (unpaired) electrons. The van der Waals surface area contributed by atoms with Gasteiger partial charge in [0.25, 0.3) is 0 Å². The van der Waals surface area contributed by atoms with Crippen molar-refractivity contribution in [1.82, 2.24) is 5.32 Å². The van der Waals surface area contributed by atoms with Gasteiger partial charge in [0.2, 0.25) is 0 Å². The summed E-state index contributed by atoms with van der Waals surface area (Å²) in [6.45, 7) is 2.86. The van der Waals surface area contributed by atoms with Gasteiger partial charge in [-0.15, -0.1) is 12.4 Å². The molecule has 2 nitrogen and oxygen atoms in total. The van der Waals surface area contributed by atoms with Crippen LogP contribution >= 0.6 is 12.4 Å². The molecule has 0 bridgehead atoms. The van der Waals surface area contributed by atoms with Crippen LogP contribution in [0.25, 0.3) is 0 Å². The molecule has 2 rings (SSSR count). The Labute approximate surface area is 78.3 Å². The van der Waals surface area contributed by atoms with Gasteiger partial charge in [0.1, 0.15) is 6.17 Å². The molecule has 0 aliphatic carbocycles. The van der Waals surface area contributed by atoms with Crippen LogP contribution in [0.3, 0.4) is 0 Å². The van der Waals surface area contributed by atoms with E-state index < -0.39 is 6.17 Å². The van der Waals surface area contributed by atoms with Crippen LogP contribution < -0.4 is 5.32 Å². The Morgan fingerprint density at radius 3 is 2.50 bits per heavy atom. The summed E-state index contributed by atoms with van der Waals surface area (Å²) in [6.07, 6.45) is 1.13. The number of nitrogens with one attached hydrogen (secondary N) is 1. The third-order valence-corrected chi connectivity index (χ3v) is 2.95.